The third-order valence-corrected chi connectivity index (χ3v) is 6.82. The first-order valence-electron chi connectivity index (χ1n) is 11.6. The SMILES string of the molecule is C=CCN1CCN(c2ccc(NC(=O)CSc3nnc(-c4ccc5ccccc5c4)o3)cc2)CC1. The zero-order valence-corrected chi connectivity index (χ0v) is 20.2. The largest absolute Gasteiger partial charge is 0.411 e. The van der Waals surface area contributed by atoms with Crippen LogP contribution in [0.4, 0.5) is 11.4 Å². The number of benzene rings is 3. The number of hydrogen-bond donors (Lipinski definition) is 1. The van der Waals surface area contributed by atoms with Crippen molar-refractivity contribution in [1.82, 2.24) is 15.1 Å². The van der Waals surface area contributed by atoms with Crippen molar-refractivity contribution in [3.63, 3.8) is 0 Å². The molecule has 178 valence electrons. The van der Waals surface area contributed by atoms with E-state index in [1.807, 2.05) is 54.6 Å². The van der Waals surface area contributed by atoms with E-state index in [2.05, 4.69) is 50.1 Å². The van der Waals surface area contributed by atoms with Gasteiger partial charge in [-0.3, -0.25) is 9.69 Å². The maximum atomic E-state index is 12.4. The number of aromatic nitrogens is 2. The van der Waals surface area contributed by atoms with E-state index < -0.39 is 0 Å². The van der Waals surface area contributed by atoms with Gasteiger partial charge in [0.15, 0.2) is 0 Å². The van der Waals surface area contributed by atoms with Crippen molar-refractivity contribution in [3.8, 4) is 11.5 Å². The highest BCUT2D eigenvalue weighted by atomic mass is 32.2. The molecular formula is C27H27N5O2S. The van der Waals surface area contributed by atoms with Gasteiger partial charge in [-0.2, -0.15) is 0 Å². The quantitative estimate of drug-likeness (QED) is 0.280. The molecule has 35 heavy (non-hydrogen) atoms. The minimum Gasteiger partial charge on any atom is -0.411 e. The van der Waals surface area contributed by atoms with Gasteiger partial charge >= 0.3 is 0 Å². The first-order chi connectivity index (χ1) is 17.2. The van der Waals surface area contributed by atoms with E-state index in [0.29, 0.717) is 11.1 Å². The van der Waals surface area contributed by atoms with E-state index >= 15 is 0 Å². The summed E-state index contributed by atoms with van der Waals surface area (Å²) in [5.74, 6) is 0.512. The van der Waals surface area contributed by atoms with Crippen molar-refractivity contribution < 1.29 is 9.21 Å². The minimum atomic E-state index is -0.119. The fourth-order valence-electron chi connectivity index (χ4n) is 4.16. The molecule has 5 rings (SSSR count). The lowest BCUT2D eigenvalue weighted by Crippen LogP contribution is -2.46. The fraction of sp³-hybridized carbons (Fsp3) is 0.222. The second kappa shape index (κ2) is 10.8. The lowest BCUT2D eigenvalue weighted by Gasteiger charge is -2.35. The smallest absolute Gasteiger partial charge is 0.277 e. The predicted molar refractivity (Wildman–Crippen MR) is 142 cm³/mol. The van der Waals surface area contributed by atoms with E-state index in [9.17, 15) is 4.79 Å². The van der Waals surface area contributed by atoms with E-state index in [4.69, 9.17) is 4.42 Å². The van der Waals surface area contributed by atoms with E-state index in [1.54, 1.807) is 0 Å². The molecule has 0 radical (unpaired) electrons. The molecule has 7 nitrogen and oxygen atoms in total. The molecule has 0 saturated carbocycles. The molecule has 4 aromatic rings. The van der Waals surface area contributed by atoms with Gasteiger partial charge in [0.25, 0.3) is 5.22 Å². The number of rotatable bonds is 8. The predicted octanol–water partition coefficient (Wildman–Crippen LogP) is 4.93. The molecule has 8 heteroatoms. The molecule has 0 bridgehead atoms. The van der Waals surface area contributed by atoms with E-state index in [0.717, 1.165) is 54.7 Å². The summed E-state index contributed by atoms with van der Waals surface area (Å²) in [6.07, 6.45) is 1.95. The van der Waals surface area contributed by atoms with Crippen molar-refractivity contribution >= 4 is 39.8 Å². The number of hydrogen-bond acceptors (Lipinski definition) is 7. The van der Waals surface area contributed by atoms with Gasteiger partial charge < -0.3 is 14.6 Å². The van der Waals surface area contributed by atoms with Crippen molar-refractivity contribution in [2.45, 2.75) is 5.22 Å². The number of nitrogens with zero attached hydrogens (tertiary/aromatic N) is 4. The minimum absolute atomic E-state index is 0.119. The average molecular weight is 486 g/mol. The van der Waals surface area contributed by atoms with Crippen LogP contribution in [-0.4, -0.2) is 59.5 Å². The average Bonchev–Trinajstić information content (AvgIpc) is 3.38. The van der Waals surface area contributed by atoms with Crippen LogP contribution in [-0.2, 0) is 4.79 Å². The highest BCUT2D eigenvalue weighted by Gasteiger charge is 2.16. The fourth-order valence-corrected chi connectivity index (χ4v) is 4.72. The molecule has 0 atom stereocenters. The molecule has 0 aliphatic carbocycles. The Morgan fingerprint density at radius 2 is 1.77 bits per heavy atom. The Kier molecular flexibility index (Phi) is 7.11. The summed E-state index contributed by atoms with van der Waals surface area (Å²) in [4.78, 5) is 17.2. The number of amides is 1. The maximum absolute atomic E-state index is 12.4. The number of carbonyl (C=O) groups excluding carboxylic acids is 1. The Labute approximate surface area is 208 Å². The van der Waals surface area contributed by atoms with Crippen molar-refractivity contribution in [2.75, 3.05) is 48.7 Å². The van der Waals surface area contributed by atoms with Crippen molar-refractivity contribution in [2.24, 2.45) is 0 Å². The first-order valence-corrected chi connectivity index (χ1v) is 12.6. The second-order valence-electron chi connectivity index (χ2n) is 8.40. The van der Waals surface area contributed by atoms with Crippen LogP contribution in [0, 0.1) is 0 Å². The van der Waals surface area contributed by atoms with Crippen molar-refractivity contribution in [3.05, 3.63) is 79.4 Å². The Morgan fingerprint density at radius 1 is 1.00 bits per heavy atom. The molecule has 3 aromatic carbocycles. The van der Waals surface area contributed by atoms with Crippen LogP contribution in [0.5, 0.6) is 0 Å². The Bertz CT molecular complexity index is 1310. The van der Waals surface area contributed by atoms with Gasteiger partial charge in [-0.25, -0.2) is 0 Å². The van der Waals surface area contributed by atoms with Gasteiger partial charge in [-0.15, -0.1) is 16.8 Å². The number of thioether (sulfide) groups is 1. The van der Waals surface area contributed by atoms with Gasteiger partial charge in [-0.05, 0) is 47.2 Å². The number of fused-ring (bicyclic) bond motifs is 1. The third kappa shape index (κ3) is 5.72. The van der Waals surface area contributed by atoms with Crippen LogP contribution >= 0.6 is 11.8 Å². The summed E-state index contributed by atoms with van der Waals surface area (Å²) in [6, 6.07) is 22.1. The number of anilines is 2. The Balaban J connectivity index is 1.12. The maximum Gasteiger partial charge on any atom is 0.277 e. The molecule has 1 aliphatic heterocycles. The van der Waals surface area contributed by atoms with Crippen LogP contribution in [0.2, 0.25) is 0 Å². The first kappa shape index (κ1) is 23.1. The van der Waals surface area contributed by atoms with E-state index in [1.165, 1.54) is 17.4 Å². The van der Waals surface area contributed by atoms with E-state index in [-0.39, 0.29) is 11.7 Å². The molecule has 1 amide bonds. The van der Waals surface area contributed by atoms with Crippen LogP contribution < -0.4 is 10.2 Å². The standard InChI is InChI=1S/C27H27N5O2S/c1-2-13-31-14-16-32(17-15-31)24-11-9-23(10-12-24)28-25(33)19-35-27-30-29-26(34-27)22-8-7-20-5-3-4-6-21(20)18-22/h2-12,18H,1,13-17,19H2,(H,28,33). The van der Waals surface area contributed by atoms with Crippen LogP contribution in [0.15, 0.2) is 89.0 Å². The lowest BCUT2D eigenvalue weighted by atomic mass is 10.1. The van der Waals surface area contributed by atoms with Crippen LogP contribution in [0.1, 0.15) is 0 Å². The number of piperazine rings is 1. The summed E-state index contributed by atoms with van der Waals surface area (Å²) >= 11 is 1.22. The summed E-state index contributed by atoms with van der Waals surface area (Å²) in [5.41, 5.74) is 2.80. The van der Waals surface area contributed by atoms with Gasteiger partial charge in [0, 0.05) is 49.7 Å². The lowest BCUT2D eigenvalue weighted by molar-refractivity contribution is -0.113. The topological polar surface area (TPSA) is 74.5 Å². The molecule has 0 spiro atoms. The van der Waals surface area contributed by atoms with Gasteiger partial charge in [0.2, 0.25) is 11.8 Å². The highest BCUT2D eigenvalue weighted by molar-refractivity contribution is 7.99. The molecule has 1 saturated heterocycles. The molecule has 1 fully saturated rings. The van der Waals surface area contributed by atoms with Gasteiger partial charge in [0.05, 0.1) is 5.75 Å². The second-order valence-corrected chi connectivity index (χ2v) is 9.32. The summed E-state index contributed by atoms with van der Waals surface area (Å²) < 4.78 is 5.77. The van der Waals surface area contributed by atoms with Gasteiger partial charge in [-0.1, -0.05) is 48.2 Å². The van der Waals surface area contributed by atoms with Crippen LogP contribution in [0.25, 0.3) is 22.2 Å². The molecule has 1 N–H and O–H groups in total. The summed E-state index contributed by atoms with van der Waals surface area (Å²) in [7, 11) is 0. The molecule has 2 heterocycles. The molecule has 1 aliphatic rings. The molecule has 1 aromatic heterocycles. The zero-order chi connectivity index (χ0) is 24.0. The van der Waals surface area contributed by atoms with Crippen molar-refractivity contribution in [1.29, 1.82) is 0 Å². The normalized spacial score (nSPS) is 14.2. The molecule has 0 unspecified atom stereocenters. The number of carbonyl (C=O) groups is 1. The Hall–Kier alpha value is -3.62. The molecular weight excluding hydrogens is 458 g/mol. The Morgan fingerprint density at radius 3 is 2.54 bits per heavy atom. The van der Waals surface area contributed by atoms with Crippen LogP contribution in [0.3, 0.4) is 0 Å². The zero-order valence-electron chi connectivity index (χ0n) is 19.4. The highest BCUT2D eigenvalue weighted by Crippen LogP contribution is 2.26. The summed E-state index contributed by atoms with van der Waals surface area (Å²) in [5, 5.41) is 13.8. The number of nitrogens with one attached hydrogen (secondary N) is 1. The third-order valence-electron chi connectivity index (χ3n) is 6.01. The van der Waals surface area contributed by atoms with Gasteiger partial charge in [0.1, 0.15) is 0 Å². The summed E-state index contributed by atoms with van der Waals surface area (Å²) in [6.45, 7) is 8.78. The monoisotopic (exact) mass is 485 g/mol.